The van der Waals surface area contributed by atoms with Gasteiger partial charge in [0.1, 0.15) is 0 Å². The number of benzene rings is 2. The maximum Gasteiger partial charge on any atom is 0.262 e. The molecule has 0 unspecified atom stereocenters. The third-order valence-corrected chi connectivity index (χ3v) is 5.35. The number of hydrogen-bond donors (Lipinski definition) is 1. The van der Waals surface area contributed by atoms with Crippen molar-refractivity contribution in [1.82, 2.24) is 9.55 Å². The molecule has 0 fully saturated rings. The van der Waals surface area contributed by atoms with Gasteiger partial charge in [-0.2, -0.15) is 0 Å². The average Bonchev–Trinajstić information content (AvgIpc) is 2.66. The van der Waals surface area contributed by atoms with Gasteiger partial charge in [0.2, 0.25) is 5.91 Å². The molecular formula is C19H17Cl2N3O2S. The number of para-hydroxylation sites is 1. The van der Waals surface area contributed by atoms with Gasteiger partial charge in [-0.15, -0.1) is 0 Å². The number of nitrogens with zero attached hydrogens (tertiary/aromatic N) is 2. The van der Waals surface area contributed by atoms with Crippen LogP contribution in [0, 0.1) is 0 Å². The molecular weight excluding hydrogens is 405 g/mol. The van der Waals surface area contributed by atoms with Crippen molar-refractivity contribution in [2.24, 2.45) is 0 Å². The molecule has 27 heavy (non-hydrogen) atoms. The fourth-order valence-electron chi connectivity index (χ4n) is 2.59. The smallest absolute Gasteiger partial charge is 0.262 e. The highest BCUT2D eigenvalue weighted by molar-refractivity contribution is 7.99. The first-order valence-corrected chi connectivity index (χ1v) is 10.1. The summed E-state index contributed by atoms with van der Waals surface area (Å²) in [5.41, 5.74) is 0.978. The van der Waals surface area contributed by atoms with E-state index in [-0.39, 0.29) is 17.2 Å². The van der Waals surface area contributed by atoms with Crippen LogP contribution in [0.1, 0.15) is 13.3 Å². The van der Waals surface area contributed by atoms with Crippen LogP contribution in [0.4, 0.5) is 5.69 Å². The van der Waals surface area contributed by atoms with Crippen LogP contribution in [0.2, 0.25) is 10.0 Å². The number of anilines is 1. The summed E-state index contributed by atoms with van der Waals surface area (Å²) in [6.45, 7) is 2.53. The standard InChI is InChI=1S/C19H17Cl2N3O2S/c1-2-9-24-18(26)13-5-3-4-6-15(13)23-19(24)27-11-17(25)22-16-10-12(20)7-8-14(16)21/h3-8,10H,2,9,11H2,1H3,(H,22,25). The second kappa shape index (κ2) is 8.78. The molecule has 0 atom stereocenters. The fourth-order valence-corrected chi connectivity index (χ4v) is 3.75. The van der Waals surface area contributed by atoms with E-state index in [1.807, 2.05) is 19.1 Å². The van der Waals surface area contributed by atoms with E-state index in [1.165, 1.54) is 11.8 Å². The van der Waals surface area contributed by atoms with E-state index >= 15 is 0 Å². The molecule has 5 nitrogen and oxygen atoms in total. The van der Waals surface area contributed by atoms with Crippen LogP contribution in [0.25, 0.3) is 10.9 Å². The minimum Gasteiger partial charge on any atom is -0.324 e. The highest BCUT2D eigenvalue weighted by Crippen LogP contribution is 2.26. The first kappa shape index (κ1) is 19.7. The van der Waals surface area contributed by atoms with Gasteiger partial charge in [-0.25, -0.2) is 4.98 Å². The first-order chi connectivity index (χ1) is 13.0. The maximum absolute atomic E-state index is 12.7. The lowest BCUT2D eigenvalue weighted by Crippen LogP contribution is -2.24. The Morgan fingerprint density at radius 3 is 2.78 bits per heavy atom. The zero-order valence-corrected chi connectivity index (χ0v) is 16.9. The zero-order valence-electron chi connectivity index (χ0n) is 14.5. The molecule has 0 radical (unpaired) electrons. The van der Waals surface area contributed by atoms with Crippen LogP contribution >= 0.6 is 35.0 Å². The Labute approximate surface area is 170 Å². The fraction of sp³-hybridized carbons (Fsp3) is 0.211. The average molecular weight is 422 g/mol. The van der Waals surface area contributed by atoms with Crippen molar-refractivity contribution >= 4 is 57.5 Å². The van der Waals surface area contributed by atoms with Gasteiger partial charge in [0.05, 0.1) is 27.4 Å². The molecule has 0 spiro atoms. The molecule has 3 aromatic rings. The third-order valence-electron chi connectivity index (χ3n) is 3.81. The summed E-state index contributed by atoms with van der Waals surface area (Å²) < 4.78 is 1.62. The van der Waals surface area contributed by atoms with Crippen LogP contribution in [0.3, 0.4) is 0 Å². The number of thioether (sulfide) groups is 1. The Balaban J connectivity index is 1.81. The summed E-state index contributed by atoms with van der Waals surface area (Å²) in [6, 6.07) is 12.1. The second-order valence-corrected chi connectivity index (χ2v) is 7.62. The van der Waals surface area contributed by atoms with Gasteiger partial charge in [0.25, 0.3) is 5.56 Å². The van der Waals surface area contributed by atoms with E-state index in [0.29, 0.717) is 38.3 Å². The number of hydrogen-bond acceptors (Lipinski definition) is 4. The van der Waals surface area contributed by atoms with Gasteiger partial charge in [-0.05, 0) is 36.8 Å². The minimum absolute atomic E-state index is 0.0942. The molecule has 1 N–H and O–H groups in total. The second-order valence-electron chi connectivity index (χ2n) is 5.83. The molecule has 0 bridgehead atoms. The molecule has 0 saturated carbocycles. The lowest BCUT2D eigenvalue weighted by Gasteiger charge is -2.12. The largest absolute Gasteiger partial charge is 0.324 e. The van der Waals surface area contributed by atoms with Gasteiger partial charge in [-0.1, -0.05) is 54.0 Å². The number of carbonyl (C=O) groups is 1. The molecule has 0 aliphatic rings. The van der Waals surface area contributed by atoms with Crippen molar-refractivity contribution in [2.45, 2.75) is 25.0 Å². The van der Waals surface area contributed by atoms with E-state index in [2.05, 4.69) is 10.3 Å². The maximum atomic E-state index is 12.7. The molecule has 3 rings (SSSR count). The zero-order chi connectivity index (χ0) is 19.4. The van der Waals surface area contributed by atoms with Crippen LogP contribution in [0.15, 0.2) is 52.4 Å². The first-order valence-electron chi connectivity index (χ1n) is 8.37. The molecule has 0 aliphatic heterocycles. The molecule has 2 aromatic carbocycles. The summed E-state index contributed by atoms with van der Waals surface area (Å²) in [7, 11) is 0. The summed E-state index contributed by atoms with van der Waals surface area (Å²) in [6.07, 6.45) is 0.789. The Bertz CT molecular complexity index is 1050. The van der Waals surface area contributed by atoms with Crippen LogP contribution < -0.4 is 10.9 Å². The normalized spacial score (nSPS) is 10.9. The Hall–Kier alpha value is -2.02. The van der Waals surface area contributed by atoms with E-state index < -0.39 is 0 Å². The van der Waals surface area contributed by atoms with Crippen LogP contribution in [-0.2, 0) is 11.3 Å². The van der Waals surface area contributed by atoms with Gasteiger partial charge in [0, 0.05) is 11.6 Å². The SMILES string of the molecule is CCCn1c(SCC(=O)Nc2cc(Cl)ccc2Cl)nc2ccccc2c1=O. The summed E-state index contributed by atoms with van der Waals surface area (Å²) >= 11 is 13.2. The van der Waals surface area contributed by atoms with Crippen molar-refractivity contribution in [1.29, 1.82) is 0 Å². The monoisotopic (exact) mass is 421 g/mol. The van der Waals surface area contributed by atoms with Crippen molar-refractivity contribution in [3.05, 3.63) is 62.9 Å². The Morgan fingerprint density at radius 1 is 1.22 bits per heavy atom. The lowest BCUT2D eigenvalue weighted by molar-refractivity contribution is -0.113. The van der Waals surface area contributed by atoms with Gasteiger partial charge < -0.3 is 5.32 Å². The number of carbonyl (C=O) groups excluding carboxylic acids is 1. The third kappa shape index (κ3) is 4.64. The molecule has 0 saturated heterocycles. The summed E-state index contributed by atoms with van der Waals surface area (Å²) in [5, 5.41) is 4.72. The number of fused-ring (bicyclic) bond motifs is 1. The van der Waals surface area contributed by atoms with Crippen LogP contribution in [-0.4, -0.2) is 21.2 Å². The molecule has 1 heterocycles. The predicted octanol–water partition coefficient (Wildman–Crippen LogP) is 4.84. The summed E-state index contributed by atoms with van der Waals surface area (Å²) in [4.78, 5) is 29.6. The van der Waals surface area contributed by atoms with Gasteiger partial charge in [-0.3, -0.25) is 14.2 Å². The number of aromatic nitrogens is 2. The van der Waals surface area contributed by atoms with Crippen molar-refractivity contribution < 1.29 is 4.79 Å². The number of nitrogens with one attached hydrogen (secondary N) is 1. The predicted molar refractivity (Wildman–Crippen MR) is 112 cm³/mol. The molecule has 8 heteroatoms. The van der Waals surface area contributed by atoms with E-state index in [4.69, 9.17) is 23.2 Å². The van der Waals surface area contributed by atoms with Crippen molar-refractivity contribution in [3.8, 4) is 0 Å². The molecule has 140 valence electrons. The number of amides is 1. The van der Waals surface area contributed by atoms with Gasteiger partial charge in [0.15, 0.2) is 5.16 Å². The molecule has 1 aromatic heterocycles. The highest BCUT2D eigenvalue weighted by atomic mass is 35.5. The van der Waals surface area contributed by atoms with E-state index in [9.17, 15) is 9.59 Å². The Kier molecular flexibility index (Phi) is 6.42. The minimum atomic E-state index is -0.255. The molecule has 1 amide bonds. The number of rotatable bonds is 6. The molecule has 0 aliphatic carbocycles. The number of halogens is 2. The van der Waals surface area contributed by atoms with Gasteiger partial charge >= 0.3 is 0 Å². The van der Waals surface area contributed by atoms with E-state index in [1.54, 1.807) is 34.9 Å². The Morgan fingerprint density at radius 2 is 2.00 bits per heavy atom. The highest BCUT2D eigenvalue weighted by Gasteiger charge is 2.13. The summed E-state index contributed by atoms with van der Waals surface area (Å²) in [5.74, 6) is -0.160. The van der Waals surface area contributed by atoms with Crippen molar-refractivity contribution in [2.75, 3.05) is 11.1 Å². The lowest BCUT2D eigenvalue weighted by atomic mass is 10.2. The topological polar surface area (TPSA) is 64.0 Å². The van der Waals surface area contributed by atoms with E-state index in [0.717, 1.165) is 6.42 Å². The van der Waals surface area contributed by atoms with Crippen molar-refractivity contribution in [3.63, 3.8) is 0 Å². The van der Waals surface area contributed by atoms with Crippen LogP contribution in [0.5, 0.6) is 0 Å². The quantitative estimate of drug-likeness (QED) is 0.456.